The van der Waals surface area contributed by atoms with Gasteiger partial charge in [-0.2, -0.15) is 0 Å². The number of carboxylic acid groups (broad SMARTS) is 1. The molecule has 39 heteroatoms. The van der Waals surface area contributed by atoms with Crippen molar-refractivity contribution < 1.29 is 137 Å². The van der Waals surface area contributed by atoms with Crippen LogP contribution < -0.4 is 62.9 Å². The van der Waals surface area contributed by atoms with Crippen molar-refractivity contribution in [1.82, 2.24) is 37.2 Å². The number of Topliss-reactive ketones (excluding diaryl/α,β-unsaturated/α-hetero) is 2. The smallest absolute Gasteiger partial charge is 0.330 e. The fourth-order valence-electron chi connectivity index (χ4n) is 13.7. The SMILES string of the molecule is CN[C@H](CC(C)C)C(=O)N[C@H]1C(=O)N[C@@H](CC(N)=O)C(=O)N[C@H]2C(=O)N[C@H]3C(=O)NC(C(=O)N[C@@H](C(=O)O)c4cc(O)cc(O)c4-c4cc3ccc4O)[C@H](O[C@H]3C[C@](C)(N)[C@@H](O)[C@H](C)O3)c3ccc(c(Cl)c3)Oc3cc2cc(c3O[C@@H]2O[C@H](CO)[C@@H](O[C@@H]3OC(CO)CC(=O)C3=O)[C@H](O)[C@H]2O)Oc2ccc(cc2Cl)[C@H]1O. The minimum atomic E-state index is -2.41. The Morgan fingerprint density at radius 3 is 1.95 bits per heavy atom. The Kier molecular flexibility index (Phi) is 24.8. The molecule has 111 heavy (non-hydrogen) atoms. The first kappa shape index (κ1) is 82.0. The molecule has 11 bridgehead atoms. The van der Waals surface area contributed by atoms with E-state index < -0.39 is 290 Å². The van der Waals surface area contributed by atoms with Gasteiger partial charge in [-0.05, 0) is 110 Å². The van der Waals surface area contributed by atoms with Crippen molar-refractivity contribution in [3.05, 3.63) is 117 Å². The lowest BCUT2D eigenvalue weighted by atomic mass is 9.86. The van der Waals surface area contributed by atoms with Crippen LogP contribution in [-0.2, 0) is 71.6 Å². The summed E-state index contributed by atoms with van der Waals surface area (Å²) in [5, 5.41) is 130. The highest BCUT2D eigenvalue weighted by molar-refractivity contribution is 6.39. The number of aromatic hydroxyl groups is 3. The number of ether oxygens (including phenoxy) is 8. The molecule has 3 fully saturated rings. The molecule has 8 heterocycles. The van der Waals surface area contributed by atoms with Crippen molar-refractivity contribution >= 4 is 82.1 Å². The molecular formula is C72H81Cl2N9O28. The molecule has 2 unspecified atom stereocenters. The van der Waals surface area contributed by atoms with Gasteiger partial charge < -0.3 is 138 Å². The summed E-state index contributed by atoms with van der Waals surface area (Å²) >= 11 is 14.3. The molecule has 7 amide bonds. The van der Waals surface area contributed by atoms with Gasteiger partial charge >= 0.3 is 5.97 Å². The highest BCUT2D eigenvalue weighted by atomic mass is 35.5. The standard InChI is InChI=1S/C72H81Cl2N9O28/c1-25(2)12-37(77-5)63(96)82-53-55(91)28-7-10-42(35(73)14-28)106-44-16-30-17-45(60(44)110-71-58(94)57(93)61(46(24-85)108-71)111-70-56(92)41(89)20-32(23-84)105-70)107-43-11-8-29(15-36(43)74)59(109-48-22-72(4,76)62(95)26(3)104-48)54-68(101)81-52(69(102)103)34-18-31(86)19-40(88)49(34)33-13-27(6-9-39(33)87)50(65(98)83-54)80-66(99)51(30)79-64(97)38(21-47(75)90)78-67(53)100/h6-11,13-19,25-26,32,37-38,46,48,50-55,57-59,61-62,70-71,77,84-88,91,93-95H,12,20-24,76H2,1-5H3,(H2,75,90)(H,78,100)(H,79,97)(H,80,99)(H,81,101)(H,82,96)(H,83,98)(H,102,103)/t26-,32?,37+,38-,46+,48-,50+,51+,52+,53+,54?,55+,57+,58+,59+,61+,62-,70-,71-,72-/m0/s1. The van der Waals surface area contributed by atoms with E-state index in [0.29, 0.717) is 0 Å². The molecular weight excluding hydrogens is 1510 g/mol. The minimum absolute atomic E-state index is 0.123. The number of carbonyl (C=O) groups is 10. The molecule has 0 spiro atoms. The molecule has 8 aliphatic rings. The average molecular weight is 1590 g/mol. The lowest BCUT2D eigenvalue weighted by Gasteiger charge is -2.44. The van der Waals surface area contributed by atoms with Crippen molar-refractivity contribution in [2.45, 2.75) is 175 Å². The minimum Gasteiger partial charge on any atom is -0.508 e. The molecule has 37 nitrogen and oxygen atoms in total. The number of likely N-dealkylation sites (N-methyl/N-ethyl adjacent to an activating group) is 1. The summed E-state index contributed by atoms with van der Waals surface area (Å²) in [5.74, 6) is -19.0. The van der Waals surface area contributed by atoms with Gasteiger partial charge in [0.2, 0.25) is 65.5 Å². The fourth-order valence-corrected chi connectivity index (χ4v) is 14.2. The average Bonchev–Trinajstić information content (AvgIpc) is 0.765. The summed E-state index contributed by atoms with van der Waals surface area (Å²) < 4.78 is 49.7. The summed E-state index contributed by atoms with van der Waals surface area (Å²) in [5.41, 5.74) is 7.91. The number of amides is 7. The number of benzene rings is 5. The number of ketones is 2. The molecule has 0 radical (unpaired) electrons. The molecule has 8 aliphatic heterocycles. The molecule has 596 valence electrons. The van der Waals surface area contributed by atoms with E-state index in [9.17, 15) is 79.8 Å². The Bertz CT molecular complexity index is 4490. The van der Waals surface area contributed by atoms with Crippen LogP contribution >= 0.6 is 23.2 Å². The molecule has 21 N–H and O–H groups in total. The number of carbonyl (C=O) groups excluding carboxylic acids is 9. The number of nitrogens with one attached hydrogen (secondary N) is 7. The Morgan fingerprint density at radius 1 is 0.703 bits per heavy atom. The molecule has 5 aromatic rings. The van der Waals surface area contributed by atoms with Crippen LogP contribution in [0.3, 0.4) is 0 Å². The second kappa shape index (κ2) is 33.6. The largest absolute Gasteiger partial charge is 0.508 e. The zero-order valence-electron chi connectivity index (χ0n) is 59.5. The van der Waals surface area contributed by atoms with Crippen molar-refractivity contribution in [2.75, 3.05) is 20.3 Å². The van der Waals surface area contributed by atoms with Crippen LogP contribution in [0.2, 0.25) is 10.0 Å². The first-order valence-corrected chi connectivity index (χ1v) is 35.5. The van der Waals surface area contributed by atoms with Crippen LogP contribution in [0.1, 0.15) is 112 Å². The molecule has 0 saturated carbocycles. The maximum absolute atomic E-state index is 16.3. The van der Waals surface area contributed by atoms with Gasteiger partial charge in [0.25, 0.3) is 5.78 Å². The van der Waals surface area contributed by atoms with Crippen LogP contribution in [0, 0.1) is 5.92 Å². The van der Waals surface area contributed by atoms with E-state index in [1.807, 2.05) is 0 Å². The van der Waals surface area contributed by atoms with E-state index in [1.54, 1.807) is 13.8 Å². The van der Waals surface area contributed by atoms with Gasteiger partial charge in [0.15, 0.2) is 23.8 Å². The molecule has 0 aromatic heterocycles. The Morgan fingerprint density at radius 2 is 1.33 bits per heavy atom. The van der Waals surface area contributed by atoms with Gasteiger partial charge in [-0.3, -0.25) is 43.2 Å². The maximum Gasteiger partial charge on any atom is 0.330 e. The Balaban J connectivity index is 1.16. The number of carboxylic acids is 1. The van der Waals surface area contributed by atoms with E-state index in [1.165, 1.54) is 33.0 Å². The highest BCUT2D eigenvalue weighted by Gasteiger charge is 2.52. The summed E-state index contributed by atoms with van der Waals surface area (Å²) in [4.78, 5) is 145. The zero-order valence-corrected chi connectivity index (χ0v) is 61.0. The Labute approximate surface area is 640 Å². The summed E-state index contributed by atoms with van der Waals surface area (Å²) in [7, 11) is 1.46. The summed E-state index contributed by atoms with van der Waals surface area (Å²) in [6.07, 6.45) is -24.0. The van der Waals surface area contributed by atoms with Crippen molar-refractivity contribution in [3.8, 4) is 57.1 Å². The number of fused-ring (bicyclic) bond motifs is 15. The number of hydrogen-bond donors (Lipinski definition) is 19. The number of aliphatic hydroxyl groups is 6. The summed E-state index contributed by atoms with van der Waals surface area (Å²) in [6, 6.07) is -1.09. The van der Waals surface area contributed by atoms with Gasteiger partial charge in [-0.25, -0.2) is 4.79 Å². The van der Waals surface area contributed by atoms with E-state index in [4.69, 9.17) is 72.6 Å². The van der Waals surface area contributed by atoms with Crippen LogP contribution in [0.4, 0.5) is 0 Å². The van der Waals surface area contributed by atoms with Gasteiger partial charge in [0.1, 0.15) is 95.6 Å². The molecule has 20 atom stereocenters. The van der Waals surface area contributed by atoms with Crippen molar-refractivity contribution in [1.29, 1.82) is 0 Å². The number of primary amides is 1. The predicted octanol–water partition coefficient (Wildman–Crippen LogP) is -0.624. The van der Waals surface area contributed by atoms with E-state index >= 15 is 19.2 Å². The Hall–Kier alpha value is -9.94. The third kappa shape index (κ3) is 17.6. The molecule has 3 saturated heterocycles. The number of rotatable bonds is 16. The maximum atomic E-state index is 16.3. The van der Waals surface area contributed by atoms with E-state index in [0.717, 1.165) is 66.7 Å². The second-order valence-corrected chi connectivity index (χ2v) is 28.9. The van der Waals surface area contributed by atoms with Crippen LogP contribution in [0.5, 0.6) is 46.0 Å². The molecule has 5 aromatic carbocycles. The third-order valence-electron chi connectivity index (χ3n) is 19.4. The number of aliphatic hydroxyl groups excluding tert-OH is 6. The topological polar surface area (TPSA) is 583 Å². The van der Waals surface area contributed by atoms with Gasteiger partial charge in [0.05, 0.1) is 54.0 Å². The number of hydrogen-bond acceptors (Lipinski definition) is 29. The number of phenols is 3. The summed E-state index contributed by atoms with van der Waals surface area (Å²) in [6.45, 7) is 4.63. The van der Waals surface area contributed by atoms with Crippen LogP contribution in [-0.4, -0.2) is 222 Å². The predicted molar refractivity (Wildman–Crippen MR) is 379 cm³/mol. The first-order chi connectivity index (χ1) is 52.5. The van der Waals surface area contributed by atoms with Gasteiger partial charge in [-0.15, -0.1) is 0 Å². The highest BCUT2D eigenvalue weighted by Crippen LogP contribution is 2.50. The number of nitrogens with two attached hydrogens (primary N) is 2. The first-order valence-electron chi connectivity index (χ1n) is 34.7. The lowest BCUT2D eigenvalue weighted by molar-refractivity contribution is -0.311. The van der Waals surface area contributed by atoms with Crippen LogP contribution in [0.25, 0.3) is 11.1 Å². The third-order valence-corrected chi connectivity index (χ3v) is 20.0. The van der Waals surface area contributed by atoms with Crippen molar-refractivity contribution in [2.24, 2.45) is 17.4 Å². The van der Waals surface area contributed by atoms with Crippen LogP contribution in [0.15, 0.2) is 78.9 Å². The number of aliphatic carboxylic acids is 1. The van der Waals surface area contributed by atoms with Gasteiger partial charge in [0, 0.05) is 41.1 Å². The second-order valence-electron chi connectivity index (χ2n) is 28.1. The number of halogens is 2. The van der Waals surface area contributed by atoms with Crippen molar-refractivity contribution in [3.63, 3.8) is 0 Å². The monoisotopic (exact) mass is 1590 g/mol. The quantitative estimate of drug-likeness (QED) is 0.0547. The molecule has 0 aliphatic carbocycles. The van der Waals surface area contributed by atoms with Gasteiger partial charge in [-0.1, -0.05) is 55.2 Å². The lowest BCUT2D eigenvalue weighted by Crippen LogP contribution is -2.62. The normalized spacial score (nSPS) is 30.1. The fraction of sp³-hybridized carbons (Fsp3) is 0.444. The zero-order chi connectivity index (χ0) is 80.7. The number of phenolic OH excluding ortho intramolecular Hbond substituents is 3. The van der Waals surface area contributed by atoms with E-state index in [-0.39, 0.29) is 29.9 Å². The molecule has 13 rings (SSSR count). The van der Waals surface area contributed by atoms with E-state index in [2.05, 4.69) is 37.2 Å².